The lowest BCUT2D eigenvalue weighted by atomic mass is 10.1. The molecule has 150 valence electrons. The molecule has 29 heavy (non-hydrogen) atoms. The molecular formula is C22H23N3O3S. The van der Waals surface area contributed by atoms with Gasteiger partial charge in [-0.3, -0.25) is 9.00 Å². The summed E-state index contributed by atoms with van der Waals surface area (Å²) >= 11 is 0. The number of hydrogen-bond acceptors (Lipinski definition) is 5. The molecule has 0 fully saturated rings. The van der Waals surface area contributed by atoms with Gasteiger partial charge in [-0.2, -0.15) is 4.98 Å². The van der Waals surface area contributed by atoms with Crippen LogP contribution in [0.4, 0.5) is 5.69 Å². The van der Waals surface area contributed by atoms with Crippen LogP contribution < -0.4 is 4.90 Å². The van der Waals surface area contributed by atoms with Crippen LogP contribution in [0.15, 0.2) is 53.1 Å². The molecule has 0 radical (unpaired) electrons. The zero-order valence-electron chi connectivity index (χ0n) is 16.3. The maximum atomic E-state index is 12.5. The quantitative estimate of drug-likeness (QED) is 0.597. The Morgan fingerprint density at radius 1 is 1.17 bits per heavy atom. The van der Waals surface area contributed by atoms with E-state index in [1.807, 2.05) is 48.5 Å². The first-order valence-corrected chi connectivity index (χ1v) is 11.3. The van der Waals surface area contributed by atoms with E-state index in [1.165, 1.54) is 11.1 Å². The molecule has 1 atom stereocenters. The summed E-state index contributed by atoms with van der Waals surface area (Å²) in [6, 6.07) is 15.9. The lowest BCUT2D eigenvalue weighted by molar-refractivity contribution is -0.118. The van der Waals surface area contributed by atoms with E-state index in [0.29, 0.717) is 18.3 Å². The van der Waals surface area contributed by atoms with Gasteiger partial charge in [0.2, 0.25) is 17.6 Å². The van der Waals surface area contributed by atoms with Gasteiger partial charge in [-0.05, 0) is 30.0 Å². The minimum Gasteiger partial charge on any atom is -0.338 e. The molecule has 7 heteroatoms. The number of rotatable bonds is 7. The maximum absolute atomic E-state index is 12.5. The predicted molar refractivity (Wildman–Crippen MR) is 113 cm³/mol. The highest BCUT2D eigenvalue weighted by Gasteiger charge is 2.24. The number of benzene rings is 2. The van der Waals surface area contributed by atoms with Crippen molar-refractivity contribution >= 4 is 22.4 Å². The van der Waals surface area contributed by atoms with Gasteiger partial charge in [-0.25, -0.2) is 0 Å². The fourth-order valence-corrected chi connectivity index (χ4v) is 4.40. The van der Waals surface area contributed by atoms with E-state index in [0.717, 1.165) is 24.1 Å². The average molecular weight is 410 g/mol. The number of aromatic nitrogens is 2. The second kappa shape index (κ2) is 8.69. The predicted octanol–water partition coefficient (Wildman–Crippen LogP) is 3.53. The molecule has 0 saturated carbocycles. The number of carbonyl (C=O) groups excluding carboxylic acids is 1. The highest BCUT2D eigenvalue weighted by molar-refractivity contribution is 7.84. The third-order valence-electron chi connectivity index (χ3n) is 5.10. The highest BCUT2D eigenvalue weighted by atomic mass is 32.2. The topological polar surface area (TPSA) is 76.3 Å². The largest absolute Gasteiger partial charge is 0.338 e. The van der Waals surface area contributed by atoms with Crippen molar-refractivity contribution in [3.63, 3.8) is 0 Å². The van der Waals surface area contributed by atoms with Gasteiger partial charge in [0.15, 0.2) is 0 Å². The number of nitrogens with zero attached hydrogens (tertiary/aromatic N) is 3. The van der Waals surface area contributed by atoms with Crippen LogP contribution in [-0.4, -0.2) is 32.6 Å². The molecule has 2 aromatic carbocycles. The van der Waals surface area contributed by atoms with Crippen LogP contribution in [0.2, 0.25) is 0 Å². The van der Waals surface area contributed by atoms with Crippen LogP contribution in [0.5, 0.6) is 0 Å². The number of carbonyl (C=O) groups is 1. The van der Waals surface area contributed by atoms with Gasteiger partial charge in [-0.15, -0.1) is 0 Å². The monoisotopic (exact) mass is 409 g/mol. The molecule has 0 aliphatic carbocycles. The molecule has 3 aromatic rings. The second-order valence-electron chi connectivity index (χ2n) is 7.02. The normalized spacial score (nSPS) is 14.0. The first kappa shape index (κ1) is 19.5. The second-order valence-corrected chi connectivity index (χ2v) is 8.60. The number of hydrogen-bond donors (Lipinski definition) is 0. The molecule has 0 N–H and O–H groups in total. The van der Waals surface area contributed by atoms with Gasteiger partial charge in [0.25, 0.3) is 0 Å². The van der Waals surface area contributed by atoms with Crippen LogP contribution in [0.25, 0.3) is 11.4 Å². The Kier molecular flexibility index (Phi) is 5.85. The van der Waals surface area contributed by atoms with Crippen molar-refractivity contribution in [2.24, 2.45) is 0 Å². The Morgan fingerprint density at radius 2 is 1.97 bits per heavy atom. The summed E-state index contributed by atoms with van der Waals surface area (Å²) in [7, 11) is -1.24. The standard InChI is InChI=1S/C22H23N3O3S/c1-2-16-7-9-18(10-8-16)22-23-20(28-24-22)15-29(27)14-12-21(26)25-13-11-17-5-3-4-6-19(17)25/h3-10H,2,11-15H2,1H3. The van der Waals surface area contributed by atoms with E-state index in [4.69, 9.17) is 4.52 Å². The number of aryl methyl sites for hydroxylation is 1. The molecule has 0 saturated heterocycles. The minimum atomic E-state index is -1.24. The van der Waals surface area contributed by atoms with Crippen molar-refractivity contribution in [2.45, 2.75) is 31.9 Å². The summed E-state index contributed by atoms with van der Waals surface area (Å²) in [6.07, 6.45) is 2.08. The first-order valence-electron chi connectivity index (χ1n) is 9.79. The summed E-state index contributed by atoms with van der Waals surface area (Å²) < 4.78 is 17.7. The van der Waals surface area contributed by atoms with Gasteiger partial charge in [0, 0.05) is 40.8 Å². The lowest BCUT2D eigenvalue weighted by Crippen LogP contribution is -2.29. The lowest BCUT2D eigenvalue weighted by Gasteiger charge is -2.16. The van der Waals surface area contributed by atoms with Crippen LogP contribution in [0, 0.1) is 0 Å². The smallest absolute Gasteiger partial charge is 0.239 e. The number of amides is 1. The van der Waals surface area contributed by atoms with Gasteiger partial charge in [0.05, 0.1) is 0 Å². The Hall–Kier alpha value is -2.80. The molecule has 0 spiro atoms. The average Bonchev–Trinajstić information content (AvgIpc) is 3.39. The summed E-state index contributed by atoms with van der Waals surface area (Å²) in [4.78, 5) is 18.7. The Balaban J connectivity index is 1.31. The van der Waals surface area contributed by atoms with E-state index in [1.54, 1.807) is 4.90 Å². The van der Waals surface area contributed by atoms with E-state index >= 15 is 0 Å². The van der Waals surface area contributed by atoms with Gasteiger partial charge in [0.1, 0.15) is 5.75 Å². The number of anilines is 1. The van der Waals surface area contributed by atoms with Crippen LogP contribution >= 0.6 is 0 Å². The zero-order chi connectivity index (χ0) is 20.2. The third kappa shape index (κ3) is 4.45. The number of para-hydroxylation sites is 1. The minimum absolute atomic E-state index is 0.00512. The maximum Gasteiger partial charge on any atom is 0.239 e. The summed E-state index contributed by atoms with van der Waals surface area (Å²) in [5.41, 5.74) is 4.26. The SMILES string of the molecule is CCc1ccc(-c2noc(CS(=O)CCC(=O)N3CCc4ccccc43)n2)cc1. The summed E-state index contributed by atoms with van der Waals surface area (Å²) in [5.74, 6) is 1.26. The Morgan fingerprint density at radius 3 is 2.76 bits per heavy atom. The molecule has 1 aromatic heterocycles. The molecule has 1 amide bonds. The highest BCUT2D eigenvalue weighted by Crippen LogP contribution is 2.28. The van der Waals surface area contributed by atoms with Crippen molar-refractivity contribution in [3.05, 3.63) is 65.5 Å². The van der Waals surface area contributed by atoms with Crippen molar-refractivity contribution in [3.8, 4) is 11.4 Å². The molecule has 1 aliphatic rings. The summed E-state index contributed by atoms with van der Waals surface area (Å²) in [6.45, 7) is 2.79. The van der Waals surface area contributed by atoms with Crippen LogP contribution in [-0.2, 0) is 34.2 Å². The molecule has 6 nitrogen and oxygen atoms in total. The van der Waals surface area contributed by atoms with Gasteiger partial charge < -0.3 is 9.42 Å². The third-order valence-corrected chi connectivity index (χ3v) is 6.33. The molecule has 1 unspecified atom stereocenters. The van der Waals surface area contributed by atoms with Crippen LogP contribution in [0.1, 0.15) is 30.4 Å². The van der Waals surface area contributed by atoms with E-state index < -0.39 is 10.8 Å². The molecule has 1 aliphatic heterocycles. The summed E-state index contributed by atoms with van der Waals surface area (Å²) in [5, 5.41) is 3.98. The van der Waals surface area contributed by atoms with Gasteiger partial charge >= 0.3 is 0 Å². The fourth-order valence-electron chi connectivity index (χ4n) is 3.46. The Labute approximate surface area is 172 Å². The molecular weight excluding hydrogens is 386 g/mol. The Bertz CT molecular complexity index is 1030. The van der Waals surface area contributed by atoms with E-state index in [2.05, 4.69) is 17.1 Å². The molecule has 4 rings (SSSR count). The molecule has 0 bridgehead atoms. The van der Waals surface area contributed by atoms with E-state index in [-0.39, 0.29) is 23.8 Å². The van der Waals surface area contributed by atoms with Gasteiger partial charge in [-0.1, -0.05) is 54.5 Å². The van der Waals surface area contributed by atoms with E-state index in [9.17, 15) is 9.00 Å². The number of fused-ring (bicyclic) bond motifs is 1. The van der Waals surface area contributed by atoms with Crippen LogP contribution in [0.3, 0.4) is 0 Å². The fraction of sp³-hybridized carbons (Fsp3) is 0.318. The van der Waals surface area contributed by atoms with Crippen molar-refractivity contribution < 1.29 is 13.5 Å². The first-order chi connectivity index (χ1) is 14.1. The van der Waals surface area contributed by atoms with Crippen molar-refractivity contribution in [1.29, 1.82) is 0 Å². The van der Waals surface area contributed by atoms with Crippen molar-refractivity contribution in [1.82, 2.24) is 10.1 Å². The van der Waals surface area contributed by atoms with Crippen molar-refractivity contribution in [2.75, 3.05) is 17.2 Å². The molecule has 2 heterocycles. The zero-order valence-corrected chi connectivity index (χ0v) is 17.2.